The molecule has 4 heteroatoms. The minimum atomic E-state index is 0.103. The average molecular weight is 431 g/mol. The molecule has 0 bridgehead atoms. The molecule has 0 aromatic carbocycles. The molecule has 1 aliphatic rings. The molecule has 0 heterocycles. The maximum atomic E-state index is 12.3. The first-order valence-electron chi connectivity index (χ1n) is 12.4. The lowest BCUT2D eigenvalue weighted by molar-refractivity contribution is -0.133. The minimum absolute atomic E-state index is 0.103. The van der Waals surface area contributed by atoms with Crippen LogP contribution in [0.25, 0.3) is 0 Å². The molecule has 2 amide bonds. The van der Waals surface area contributed by atoms with E-state index in [9.17, 15) is 9.59 Å². The van der Waals surface area contributed by atoms with Crippen molar-refractivity contribution in [1.82, 2.24) is 10.2 Å². The van der Waals surface area contributed by atoms with Crippen molar-refractivity contribution in [2.24, 2.45) is 0 Å². The summed E-state index contributed by atoms with van der Waals surface area (Å²) in [6.45, 7) is 9.28. The monoisotopic (exact) mass is 430 g/mol. The van der Waals surface area contributed by atoms with Crippen molar-refractivity contribution in [1.29, 1.82) is 0 Å². The highest BCUT2D eigenvalue weighted by Crippen LogP contribution is 2.34. The normalized spacial score (nSPS) is 15.4. The van der Waals surface area contributed by atoms with Crippen LogP contribution in [-0.4, -0.2) is 34.8 Å². The molecular weight excluding hydrogens is 384 g/mol. The van der Waals surface area contributed by atoms with Crippen LogP contribution in [0.15, 0.2) is 36.5 Å². The van der Waals surface area contributed by atoms with Gasteiger partial charge in [0.2, 0.25) is 11.8 Å². The Bertz CT molecular complexity index is 600. The van der Waals surface area contributed by atoms with Gasteiger partial charge in [0.05, 0.1) is 0 Å². The van der Waals surface area contributed by atoms with Gasteiger partial charge >= 0.3 is 0 Å². The Morgan fingerprint density at radius 3 is 2.10 bits per heavy atom. The molecule has 1 saturated carbocycles. The fraction of sp³-hybridized carbons (Fsp3) is 0.704. The predicted octanol–water partition coefficient (Wildman–Crippen LogP) is 6.48. The van der Waals surface area contributed by atoms with Gasteiger partial charge in [0.25, 0.3) is 0 Å². The Morgan fingerprint density at radius 2 is 1.52 bits per heavy atom. The van der Waals surface area contributed by atoms with Crippen LogP contribution < -0.4 is 5.32 Å². The van der Waals surface area contributed by atoms with Crippen LogP contribution in [0, 0.1) is 0 Å². The SMILES string of the molecule is CCCCCC(=O)N(CCC=CCC=CCC=CCCCC(=O)NC1(C)CC1)C(C)C. The van der Waals surface area contributed by atoms with E-state index in [0.717, 1.165) is 70.8 Å². The Balaban J connectivity index is 2.06. The van der Waals surface area contributed by atoms with Crippen molar-refractivity contribution in [3.63, 3.8) is 0 Å². The van der Waals surface area contributed by atoms with Crippen LogP contribution in [0.5, 0.6) is 0 Å². The third-order valence-corrected chi connectivity index (χ3v) is 5.73. The van der Waals surface area contributed by atoms with E-state index in [4.69, 9.17) is 0 Å². The molecule has 176 valence electrons. The van der Waals surface area contributed by atoms with Crippen molar-refractivity contribution >= 4 is 11.8 Å². The predicted molar refractivity (Wildman–Crippen MR) is 132 cm³/mol. The molecule has 0 saturated heterocycles. The summed E-state index contributed by atoms with van der Waals surface area (Å²) in [5.41, 5.74) is 0.103. The Hall–Kier alpha value is -1.84. The summed E-state index contributed by atoms with van der Waals surface area (Å²) in [6, 6.07) is 0.269. The highest BCUT2D eigenvalue weighted by Gasteiger charge is 2.38. The molecule has 1 fully saturated rings. The highest BCUT2D eigenvalue weighted by molar-refractivity contribution is 5.77. The molecular formula is C27H46N2O2. The number of allylic oxidation sites excluding steroid dienone is 5. The number of unbranched alkanes of at least 4 members (excludes halogenated alkanes) is 3. The van der Waals surface area contributed by atoms with E-state index in [2.05, 4.69) is 69.5 Å². The molecule has 1 N–H and O–H groups in total. The number of rotatable bonds is 17. The number of hydrogen-bond donors (Lipinski definition) is 1. The first-order chi connectivity index (χ1) is 14.9. The molecule has 0 atom stereocenters. The number of nitrogens with zero attached hydrogens (tertiary/aromatic N) is 1. The van der Waals surface area contributed by atoms with Crippen molar-refractivity contribution in [3.05, 3.63) is 36.5 Å². The molecule has 0 aromatic heterocycles. The van der Waals surface area contributed by atoms with E-state index >= 15 is 0 Å². The van der Waals surface area contributed by atoms with E-state index in [1.54, 1.807) is 0 Å². The van der Waals surface area contributed by atoms with Crippen molar-refractivity contribution < 1.29 is 9.59 Å². The lowest BCUT2D eigenvalue weighted by Gasteiger charge is -2.26. The largest absolute Gasteiger partial charge is 0.351 e. The van der Waals surface area contributed by atoms with Crippen LogP contribution in [0.2, 0.25) is 0 Å². The van der Waals surface area contributed by atoms with E-state index < -0.39 is 0 Å². The van der Waals surface area contributed by atoms with Crippen LogP contribution >= 0.6 is 0 Å². The quantitative estimate of drug-likeness (QED) is 0.212. The number of carbonyl (C=O) groups excluding carboxylic acids is 2. The van der Waals surface area contributed by atoms with Crippen LogP contribution in [0.4, 0.5) is 0 Å². The molecule has 0 unspecified atom stereocenters. The lowest BCUT2D eigenvalue weighted by atomic mass is 10.1. The minimum Gasteiger partial charge on any atom is -0.351 e. The maximum absolute atomic E-state index is 12.3. The zero-order valence-corrected chi connectivity index (χ0v) is 20.5. The van der Waals surface area contributed by atoms with Crippen molar-refractivity contribution in [3.8, 4) is 0 Å². The summed E-state index contributed by atoms with van der Waals surface area (Å²) in [4.78, 5) is 26.1. The molecule has 1 aliphatic carbocycles. The van der Waals surface area contributed by atoms with Gasteiger partial charge in [-0.1, -0.05) is 56.2 Å². The third-order valence-electron chi connectivity index (χ3n) is 5.73. The summed E-state index contributed by atoms with van der Waals surface area (Å²) in [5.74, 6) is 0.485. The van der Waals surface area contributed by atoms with Crippen LogP contribution in [0.3, 0.4) is 0 Å². The fourth-order valence-corrected chi connectivity index (χ4v) is 3.42. The standard InChI is InChI=1S/C27H46N2O2/c1-5-6-16-20-26(31)29(24(2)3)23-18-15-13-11-9-7-8-10-12-14-17-19-25(30)28-27(4)21-22-27/h7,9-10,12-13,15,24H,5-6,8,11,14,16-23H2,1-4H3,(H,28,30). The van der Waals surface area contributed by atoms with Gasteiger partial charge in [-0.25, -0.2) is 0 Å². The average Bonchev–Trinajstić information content (AvgIpc) is 3.44. The fourth-order valence-electron chi connectivity index (χ4n) is 3.42. The summed E-state index contributed by atoms with van der Waals surface area (Å²) < 4.78 is 0. The number of nitrogens with one attached hydrogen (secondary N) is 1. The molecule has 1 rings (SSSR count). The molecule has 0 aromatic rings. The Kier molecular flexibility index (Phi) is 13.9. The second-order valence-electron chi connectivity index (χ2n) is 9.31. The molecule has 0 aliphatic heterocycles. The summed E-state index contributed by atoms with van der Waals surface area (Å²) in [7, 11) is 0. The first kappa shape index (κ1) is 27.2. The second-order valence-corrected chi connectivity index (χ2v) is 9.31. The maximum Gasteiger partial charge on any atom is 0.222 e. The lowest BCUT2D eigenvalue weighted by Crippen LogP contribution is -2.37. The second kappa shape index (κ2) is 15.9. The molecule has 4 nitrogen and oxygen atoms in total. The summed E-state index contributed by atoms with van der Waals surface area (Å²) in [6.07, 6.45) is 24.6. The van der Waals surface area contributed by atoms with Gasteiger partial charge in [0, 0.05) is 31.0 Å². The Labute approximate surface area is 191 Å². The van der Waals surface area contributed by atoms with E-state index in [1.807, 2.05) is 4.90 Å². The van der Waals surface area contributed by atoms with Crippen molar-refractivity contribution in [2.75, 3.05) is 6.54 Å². The smallest absolute Gasteiger partial charge is 0.222 e. The van der Waals surface area contributed by atoms with Gasteiger partial charge in [-0.15, -0.1) is 0 Å². The van der Waals surface area contributed by atoms with Gasteiger partial charge in [-0.05, 0) is 72.1 Å². The van der Waals surface area contributed by atoms with Gasteiger partial charge < -0.3 is 10.2 Å². The number of amides is 2. The van der Waals surface area contributed by atoms with Crippen molar-refractivity contribution in [2.45, 2.75) is 116 Å². The summed E-state index contributed by atoms with van der Waals surface area (Å²) >= 11 is 0. The first-order valence-corrected chi connectivity index (χ1v) is 12.4. The third kappa shape index (κ3) is 14.0. The van der Waals surface area contributed by atoms with E-state index in [1.165, 1.54) is 0 Å². The van der Waals surface area contributed by atoms with Gasteiger partial charge in [-0.3, -0.25) is 9.59 Å². The molecule has 31 heavy (non-hydrogen) atoms. The van der Waals surface area contributed by atoms with E-state index in [-0.39, 0.29) is 17.5 Å². The van der Waals surface area contributed by atoms with Crippen LogP contribution in [-0.2, 0) is 9.59 Å². The van der Waals surface area contributed by atoms with Gasteiger partial charge in [0.1, 0.15) is 0 Å². The van der Waals surface area contributed by atoms with E-state index in [0.29, 0.717) is 18.7 Å². The highest BCUT2D eigenvalue weighted by atomic mass is 16.2. The number of hydrogen-bond acceptors (Lipinski definition) is 2. The van der Waals surface area contributed by atoms with Gasteiger partial charge in [0.15, 0.2) is 0 Å². The molecule has 0 radical (unpaired) electrons. The Morgan fingerprint density at radius 1 is 0.903 bits per heavy atom. The van der Waals surface area contributed by atoms with Crippen LogP contribution in [0.1, 0.15) is 105 Å². The zero-order chi connectivity index (χ0) is 23.0. The topological polar surface area (TPSA) is 49.4 Å². The molecule has 0 spiro atoms. The zero-order valence-electron chi connectivity index (χ0n) is 20.5. The van der Waals surface area contributed by atoms with Gasteiger partial charge in [-0.2, -0.15) is 0 Å². The summed E-state index contributed by atoms with van der Waals surface area (Å²) in [5, 5.41) is 3.10. The number of carbonyl (C=O) groups is 2.